The molecule has 138 valence electrons. The molecule has 0 radical (unpaired) electrons. The van der Waals surface area contributed by atoms with Crippen LogP contribution in [0.4, 0.5) is 4.39 Å². The molecule has 1 aromatic rings. The molecule has 0 aliphatic carbocycles. The van der Waals surface area contributed by atoms with Gasteiger partial charge in [-0.1, -0.05) is 0 Å². The fourth-order valence-electron chi connectivity index (χ4n) is 3.96. The summed E-state index contributed by atoms with van der Waals surface area (Å²) in [7, 11) is 1.40. The lowest BCUT2D eigenvalue weighted by molar-refractivity contribution is -0.146. The van der Waals surface area contributed by atoms with Crippen molar-refractivity contribution in [3.8, 4) is 5.75 Å². The van der Waals surface area contributed by atoms with E-state index in [-0.39, 0.29) is 23.2 Å². The fraction of sp³-hybridized carbons (Fsp3) is 0.632. The molecular formula is C19H26FNO4. The zero-order chi connectivity index (χ0) is 17.9. The summed E-state index contributed by atoms with van der Waals surface area (Å²) in [5.41, 5.74) is 0.298. The molecule has 2 unspecified atom stereocenters. The Labute approximate surface area is 148 Å². The number of hydrogen-bond acceptors (Lipinski definition) is 4. The number of benzene rings is 1. The van der Waals surface area contributed by atoms with Crippen molar-refractivity contribution in [2.45, 2.75) is 32.3 Å². The number of carbonyl (C=O) groups excluding carboxylic acids is 1. The zero-order valence-corrected chi connectivity index (χ0v) is 14.9. The van der Waals surface area contributed by atoms with Gasteiger partial charge in [0.1, 0.15) is 0 Å². The maximum absolute atomic E-state index is 13.6. The van der Waals surface area contributed by atoms with Crippen molar-refractivity contribution in [1.29, 1.82) is 0 Å². The largest absolute Gasteiger partial charge is 0.494 e. The monoisotopic (exact) mass is 351 g/mol. The van der Waals surface area contributed by atoms with Crippen LogP contribution >= 0.6 is 0 Å². The third-order valence-electron chi connectivity index (χ3n) is 5.27. The lowest BCUT2D eigenvalue weighted by atomic mass is 9.73. The summed E-state index contributed by atoms with van der Waals surface area (Å²) in [5.74, 6) is -0.477. The minimum atomic E-state index is -0.466. The van der Waals surface area contributed by atoms with E-state index in [1.54, 1.807) is 0 Å². The molecule has 2 aliphatic heterocycles. The van der Waals surface area contributed by atoms with Gasteiger partial charge in [-0.05, 0) is 44.4 Å². The van der Waals surface area contributed by atoms with Crippen LogP contribution in [-0.4, -0.2) is 56.9 Å². The van der Waals surface area contributed by atoms with Crippen LogP contribution in [0.15, 0.2) is 18.2 Å². The summed E-state index contributed by atoms with van der Waals surface area (Å²) in [4.78, 5) is 14.8. The first-order valence-electron chi connectivity index (χ1n) is 8.92. The molecule has 1 aromatic carbocycles. The molecule has 25 heavy (non-hydrogen) atoms. The molecule has 1 amide bonds. The lowest BCUT2D eigenvalue weighted by Gasteiger charge is -2.50. The molecule has 0 bridgehead atoms. The Morgan fingerprint density at radius 1 is 1.48 bits per heavy atom. The first kappa shape index (κ1) is 18.1. The van der Waals surface area contributed by atoms with Gasteiger partial charge < -0.3 is 19.1 Å². The van der Waals surface area contributed by atoms with Crippen LogP contribution in [-0.2, 0) is 9.47 Å². The second kappa shape index (κ2) is 7.70. The normalized spacial score (nSPS) is 26.2. The second-order valence-electron chi connectivity index (χ2n) is 6.83. The molecular weight excluding hydrogens is 325 g/mol. The van der Waals surface area contributed by atoms with Gasteiger partial charge >= 0.3 is 0 Å². The molecule has 0 N–H and O–H groups in total. The van der Waals surface area contributed by atoms with E-state index in [9.17, 15) is 9.18 Å². The highest BCUT2D eigenvalue weighted by Gasteiger charge is 2.47. The minimum absolute atomic E-state index is 0.0887. The van der Waals surface area contributed by atoms with E-state index in [0.717, 1.165) is 25.9 Å². The Hall–Kier alpha value is -1.66. The highest BCUT2D eigenvalue weighted by Crippen LogP contribution is 2.41. The number of methoxy groups -OCH3 is 1. The van der Waals surface area contributed by atoms with Crippen LogP contribution in [0, 0.1) is 11.2 Å². The number of nitrogens with zero attached hydrogens (tertiary/aromatic N) is 1. The van der Waals surface area contributed by atoms with Gasteiger partial charge in [0.25, 0.3) is 5.91 Å². The quantitative estimate of drug-likeness (QED) is 0.818. The van der Waals surface area contributed by atoms with Gasteiger partial charge in [0.05, 0.1) is 19.8 Å². The maximum atomic E-state index is 13.6. The number of halogens is 1. The number of amides is 1. The molecule has 0 aromatic heterocycles. The number of ether oxygens (including phenoxy) is 3. The summed E-state index contributed by atoms with van der Waals surface area (Å²) in [5, 5.41) is 0. The van der Waals surface area contributed by atoms with Gasteiger partial charge in [-0.2, -0.15) is 0 Å². The van der Waals surface area contributed by atoms with Crippen molar-refractivity contribution < 1.29 is 23.4 Å². The van der Waals surface area contributed by atoms with Gasteiger partial charge in [-0.3, -0.25) is 4.79 Å². The van der Waals surface area contributed by atoms with Crippen molar-refractivity contribution in [2.75, 3.05) is 40.0 Å². The summed E-state index contributed by atoms with van der Waals surface area (Å²) in [6.07, 6.45) is 2.92. The van der Waals surface area contributed by atoms with Crippen molar-refractivity contribution >= 4 is 5.91 Å². The predicted octanol–water partition coefficient (Wildman–Crippen LogP) is 2.88. The fourth-order valence-corrected chi connectivity index (χ4v) is 3.96. The van der Waals surface area contributed by atoms with Crippen molar-refractivity contribution in [2.24, 2.45) is 5.41 Å². The number of piperidine rings is 1. The number of carbonyl (C=O) groups is 1. The Balaban J connectivity index is 1.79. The zero-order valence-electron chi connectivity index (χ0n) is 14.9. The van der Waals surface area contributed by atoms with Crippen LogP contribution in [0.3, 0.4) is 0 Å². The van der Waals surface area contributed by atoms with E-state index in [1.807, 2.05) is 11.8 Å². The van der Waals surface area contributed by atoms with E-state index in [1.165, 1.54) is 25.3 Å². The molecule has 5 nitrogen and oxygen atoms in total. The van der Waals surface area contributed by atoms with E-state index >= 15 is 0 Å². The molecule has 0 spiro atoms. The van der Waals surface area contributed by atoms with Gasteiger partial charge in [-0.15, -0.1) is 0 Å². The van der Waals surface area contributed by atoms with Crippen molar-refractivity contribution in [3.63, 3.8) is 0 Å². The molecule has 6 heteroatoms. The van der Waals surface area contributed by atoms with Crippen molar-refractivity contribution in [3.05, 3.63) is 29.6 Å². The summed E-state index contributed by atoms with van der Waals surface area (Å²) < 4.78 is 30.3. The highest BCUT2D eigenvalue weighted by molar-refractivity contribution is 5.94. The number of hydrogen-bond donors (Lipinski definition) is 0. The third kappa shape index (κ3) is 3.65. The molecule has 2 atom stereocenters. The SMILES string of the molecule is CCOCC12CCCOC1CCN(C(=O)c1ccc(F)c(OC)c1)C2. The van der Waals surface area contributed by atoms with Gasteiger partial charge in [0.15, 0.2) is 11.6 Å². The van der Waals surface area contributed by atoms with Gasteiger partial charge in [0.2, 0.25) is 0 Å². The smallest absolute Gasteiger partial charge is 0.254 e. The van der Waals surface area contributed by atoms with Crippen LogP contribution in [0.5, 0.6) is 5.75 Å². The van der Waals surface area contributed by atoms with Crippen LogP contribution in [0.25, 0.3) is 0 Å². The van der Waals surface area contributed by atoms with E-state index in [2.05, 4.69) is 0 Å². The van der Waals surface area contributed by atoms with E-state index in [4.69, 9.17) is 14.2 Å². The Morgan fingerprint density at radius 3 is 3.08 bits per heavy atom. The average molecular weight is 351 g/mol. The molecule has 2 aliphatic rings. The van der Waals surface area contributed by atoms with E-state index < -0.39 is 5.82 Å². The average Bonchev–Trinajstić information content (AvgIpc) is 2.65. The van der Waals surface area contributed by atoms with Crippen LogP contribution < -0.4 is 4.74 Å². The summed E-state index contributed by atoms with van der Waals surface area (Å²) in [6.45, 7) is 5.25. The molecule has 2 heterocycles. The number of rotatable bonds is 5. The van der Waals surface area contributed by atoms with Gasteiger partial charge in [0, 0.05) is 37.3 Å². The Morgan fingerprint density at radius 2 is 2.32 bits per heavy atom. The first-order chi connectivity index (χ1) is 12.1. The predicted molar refractivity (Wildman–Crippen MR) is 91.4 cm³/mol. The third-order valence-corrected chi connectivity index (χ3v) is 5.27. The van der Waals surface area contributed by atoms with Crippen LogP contribution in [0.2, 0.25) is 0 Å². The highest BCUT2D eigenvalue weighted by atomic mass is 19.1. The minimum Gasteiger partial charge on any atom is -0.494 e. The Bertz CT molecular complexity index is 623. The second-order valence-corrected chi connectivity index (χ2v) is 6.83. The van der Waals surface area contributed by atoms with Crippen LogP contribution in [0.1, 0.15) is 36.5 Å². The lowest BCUT2D eigenvalue weighted by Crippen LogP contribution is -2.58. The number of likely N-dealkylation sites (tertiary alicyclic amines) is 1. The van der Waals surface area contributed by atoms with Crippen molar-refractivity contribution in [1.82, 2.24) is 4.90 Å². The first-order valence-corrected chi connectivity index (χ1v) is 8.92. The topological polar surface area (TPSA) is 48.0 Å². The maximum Gasteiger partial charge on any atom is 0.254 e. The number of fused-ring (bicyclic) bond motifs is 1. The summed E-state index contributed by atoms with van der Waals surface area (Å²) >= 11 is 0. The van der Waals surface area contributed by atoms with E-state index in [0.29, 0.717) is 31.9 Å². The standard InChI is InChI=1S/C19H26FNO4/c1-3-24-13-19-8-4-10-25-17(19)7-9-21(12-19)18(22)14-5-6-15(20)16(11-14)23-2/h5-6,11,17H,3-4,7-10,12-13H2,1-2H3. The Kier molecular flexibility index (Phi) is 5.59. The molecule has 2 fully saturated rings. The molecule has 2 saturated heterocycles. The molecule has 3 rings (SSSR count). The summed E-state index contributed by atoms with van der Waals surface area (Å²) in [6, 6.07) is 4.26. The molecule has 0 saturated carbocycles. The van der Waals surface area contributed by atoms with Gasteiger partial charge in [-0.25, -0.2) is 4.39 Å².